The van der Waals surface area contributed by atoms with Crippen molar-refractivity contribution in [2.75, 3.05) is 0 Å². The second kappa shape index (κ2) is 8.84. The summed E-state index contributed by atoms with van der Waals surface area (Å²) in [5, 5.41) is 4.08. The predicted octanol–water partition coefficient (Wildman–Crippen LogP) is 3.77. The van der Waals surface area contributed by atoms with Crippen LogP contribution in [0.15, 0.2) is 90.3 Å². The largest absolute Gasteiger partial charge is 0.488 e. The molecule has 0 aliphatic carbocycles. The predicted molar refractivity (Wildman–Crippen MR) is 113 cm³/mol. The molecule has 0 unspecified atom stereocenters. The summed E-state index contributed by atoms with van der Waals surface area (Å²) in [5.74, 6) is 0.474. The van der Waals surface area contributed by atoms with Crippen molar-refractivity contribution in [1.29, 1.82) is 0 Å². The minimum atomic E-state index is -0.230. The Kier molecular flexibility index (Phi) is 5.62. The molecule has 4 aromatic rings. The van der Waals surface area contributed by atoms with Gasteiger partial charge in [0.2, 0.25) is 0 Å². The van der Waals surface area contributed by atoms with Crippen LogP contribution in [-0.2, 0) is 17.9 Å². The summed E-state index contributed by atoms with van der Waals surface area (Å²) in [6.07, 6.45) is 3.24. The lowest BCUT2D eigenvalue weighted by atomic mass is 10.2. The van der Waals surface area contributed by atoms with Crippen LogP contribution in [0.1, 0.15) is 11.1 Å². The number of hydrogen-bond acceptors (Lipinski definition) is 4. The molecule has 1 heterocycles. The number of benzene rings is 3. The van der Waals surface area contributed by atoms with E-state index in [9.17, 15) is 4.79 Å². The lowest BCUT2D eigenvalue weighted by Crippen LogP contribution is -2.22. The molecule has 0 saturated heterocycles. The molecule has 0 aliphatic heterocycles. The van der Waals surface area contributed by atoms with E-state index in [1.165, 1.54) is 0 Å². The first kappa shape index (κ1) is 18.4. The summed E-state index contributed by atoms with van der Waals surface area (Å²) in [6, 6.07) is 25.2. The van der Waals surface area contributed by atoms with E-state index in [0.717, 1.165) is 22.2 Å². The van der Waals surface area contributed by atoms with Crippen LogP contribution in [0, 0.1) is 0 Å². The van der Waals surface area contributed by atoms with E-state index in [1.807, 2.05) is 78.9 Å². The van der Waals surface area contributed by atoms with Crippen molar-refractivity contribution in [1.82, 2.24) is 15.0 Å². The topological polar surface area (TPSA) is 68.5 Å². The number of amides is 1. The maximum Gasteiger partial charge on any atom is 0.260 e. The molecule has 144 valence electrons. The molecule has 0 fully saturated rings. The van der Waals surface area contributed by atoms with Crippen molar-refractivity contribution in [3.05, 3.63) is 96.3 Å². The number of nitrogens with one attached hydrogen (secondary N) is 1. The SMILES string of the molecule is O=C(Cn1cnc2ccccc21)N/N=C/c1ccccc1OCc1ccccc1. The average Bonchev–Trinajstić information content (AvgIpc) is 3.16. The fourth-order valence-electron chi connectivity index (χ4n) is 2.95. The quantitative estimate of drug-likeness (QED) is 0.390. The van der Waals surface area contributed by atoms with E-state index in [1.54, 1.807) is 17.1 Å². The average molecular weight is 384 g/mol. The Hall–Kier alpha value is -3.93. The summed E-state index contributed by atoms with van der Waals surface area (Å²) >= 11 is 0. The molecule has 1 N–H and O–H groups in total. The van der Waals surface area contributed by atoms with Crippen LogP contribution in [0.5, 0.6) is 5.75 Å². The zero-order valence-electron chi connectivity index (χ0n) is 15.7. The van der Waals surface area contributed by atoms with Crippen LogP contribution >= 0.6 is 0 Å². The number of ether oxygens (including phenoxy) is 1. The Labute approximate surface area is 168 Å². The second-order valence-corrected chi connectivity index (χ2v) is 6.47. The van der Waals surface area contributed by atoms with Crippen LogP contribution in [0.2, 0.25) is 0 Å². The molecule has 3 aromatic carbocycles. The number of hydrazone groups is 1. The van der Waals surface area contributed by atoms with Gasteiger partial charge in [0.1, 0.15) is 18.9 Å². The van der Waals surface area contributed by atoms with Crippen molar-refractivity contribution in [3.63, 3.8) is 0 Å². The number of rotatable bonds is 7. The minimum absolute atomic E-state index is 0.143. The Morgan fingerprint density at radius 3 is 2.66 bits per heavy atom. The van der Waals surface area contributed by atoms with Gasteiger partial charge in [-0.05, 0) is 29.8 Å². The highest BCUT2D eigenvalue weighted by Crippen LogP contribution is 2.17. The molecule has 0 bridgehead atoms. The van der Waals surface area contributed by atoms with Gasteiger partial charge in [-0.3, -0.25) is 4.79 Å². The molecule has 29 heavy (non-hydrogen) atoms. The van der Waals surface area contributed by atoms with E-state index in [0.29, 0.717) is 12.4 Å². The van der Waals surface area contributed by atoms with Crippen molar-refractivity contribution in [3.8, 4) is 5.75 Å². The standard InChI is InChI=1S/C23H20N4O2/c28-23(15-27-17-24-20-11-5-6-12-21(20)27)26-25-14-19-10-4-7-13-22(19)29-16-18-8-2-1-3-9-18/h1-14,17H,15-16H2,(H,26,28)/b25-14+. The van der Waals surface area contributed by atoms with Gasteiger partial charge in [-0.25, -0.2) is 10.4 Å². The normalized spacial score (nSPS) is 11.0. The number of aromatic nitrogens is 2. The fraction of sp³-hybridized carbons (Fsp3) is 0.0870. The van der Waals surface area contributed by atoms with E-state index < -0.39 is 0 Å². The first-order valence-corrected chi connectivity index (χ1v) is 9.27. The maximum absolute atomic E-state index is 12.2. The minimum Gasteiger partial charge on any atom is -0.488 e. The summed E-state index contributed by atoms with van der Waals surface area (Å²) < 4.78 is 7.69. The van der Waals surface area contributed by atoms with Crippen molar-refractivity contribution < 1.29 is 9.53 Å². The fourth-order valence-corrected chi connectivity index (χ4v) is 2.95. The van der Waals surface area contributed by atoms with Gasteiger partial charge >= 0.3 is 0 Å². The van der Waals surface area contributed by atoms with Crippen LogP contribution in [0.3, 0.4) is 0 Å². The first-order chi connectivity index (χ1) is 14.3. The second-order valence-electron chi connectivity index (χ2n) is 6.47. The Morgan fingerprint density at radius 1 is 1.00 bits per heavy atom. The van der Waals surface area contributed by atoms with Gasteiger partial charge < -0.3 is 9.30 Å². The molecular weight excluding hydrogens is 364 g/mol. The molecule has 0 aliphatic rings. The maximum atomic E-state index is 12.2. The molecular formula is C23H20N4O2. The third-order valence-electron chi connectivity index (χ3n) is 4.39. The van der Waals surface area contributed by atoms with E-state index in [-0.39, 0.29) is 12.5 Å². The number of para-hydroxylation sites is 3. The van der Waals surface area contributed by atoms with Crippen molar-refractivity contribution >= 4 is 23.2 Å². The van der Waals surface area contributed by atoms with Gasteiger partial charge in [-0.1, -0.05) is 54.6 Å². The third kappa shape index (κ3) is 4.68. The molecule has 6 heteroatoms. The summed E-state index contributed by atoms with van der Waals surface area (Å²) in [6.45, 7) is 0.607. The molecule has 0 atom stereocenters. The summed E-state index contributed by atoms with van der Waals surface area (Å²) in [7, 11) is 0. The van der Waals surface area contributed by atoms with Gasteiger partial charge in [-0.2, -0.15) is 5.10 Å². The van der Waals surface area contributed by atoms with Gasteiger partial charge in [0.15, 0.2) is 0 Å². The molecule has 1 amide bonds. The Bertz CT molecular complexity index is 1140. The van der Waals surface area contributed by atoms with E-state index in [2.05, 4.69) is 15.5 Å². The van der Waals surface area contributed by atoms with Crippen LogP contribution in [-0.4, -0.2) is 21.7 Å². The first-order valence-electron chi connectivity index (χ1n) is 9.27. The van der Waals surface area contributed by atoms with Crippen LogP contribution < -0.4 is 10.2 Å². The highest BCUT2D eigenvalue weighted by atomic mass is 16.5. The molecule has 4 rings (SSSR count). The lowest BCUT2D eigenvalue weighted by molar-refractivity contribution is -0.121. The van der Waals surface area contributed by atoms with Gasteiger partial charge in [-0.15, -0.1) is 0 Å². The van der Waals surface area contributed by atoms with Crippen LogP contribution in [0.25, 0.3) is 11.0 Å². The third-order valence-corrected chi connectivity index (χ3v) is 4.39. The van der Waals surface area contributed by atoms with Crippen molar-refractivity contribution in [2.24, 2.45) is 5.10 Å². The van der Waals surface area contributed by atoms with Crippen LogP contribution in [0.4, 0.5) is 0 Å². The van der Waals surface area contributed by atoms with E-state index >= 15 is 0 Å². The Morgan fingerprint density at radius 2 is 1.76 bits per heavy atom. The number of imidazole rings is 1. The summed E-state index contributed by atoms with van der Waals surface area (Å²) in [4.78, 5) is 16.5. The molecule has 0 saturated carbocycles. The molecule has 6 nitrogen and oxygen atoms in total. The molecule has 0 radical (unpaired) electrons. The number of carbonyl (C=O) groups is 1. The number of fused-ring (bicyclic) bond motifs is 1. The van der Waals surface area contributed by atoms with E-state index in [4.69, 9.17) is 4.74 Å². The molecule has 1 aromatic heterocycles. The zero-order chi connectivity index (χ0) is 19.9. The van der Waals surface area contributed by atoms with Crippen molar-refractivity contribution in [2.45, 2.75) is 13.2 Å². The van der Waals surface area contributed by atoms with Gasteiger partial charge in [0.25, 0.3) is 5.91 Å². The zero-order valence-corrected chi connectivity index (χ0v) is 15.7. The number of nitrogens with zero attached hydrogens (tertiary/aromatic N) is 3. The summed E-state index contributed by atoms with van der Waals surface area (Å²) in [5.41, 5.74) is 6.20. The number of hydrogen-bond donors (Lipinski definition) is 1. The smallest absolute Gasteiger partial charge is 0.260 e. The lowest BCUT2D eigenvalue weighted by Gasteiger charge is -2.09. The Balaban J connectivity index is 1.37. The highest BCUT2D eigenvalue weighted by Gasteiger charge is 2.06. The monoisotopic (exact) mass is 384 g/mol. The highest BCUT2D eigenvalue weighted by molar-refractivity contribution is 5.85. The van der Waals surface area contributed by atoms with Gasteiger partial charge in [0, 0.05) is 5.56 Å². The van der Waals surface area contributed by atoms with Gasteiger partial charge in [0.05, 0.1) is 23.6 Å². The molecule has 0 spiro atoms. The number of carbonyl (C=O) groups excluding carboxylic acids is 1.